The molecule has 2 heterocycles. The summed E-state index contributed by atoms with van der Waals surface area (Å²) >= 11 is 3.80. The highest BCUT2D eigenvalue weighted by Gasteiger charge is 2.12. The first-order chi connectivity index (χ1) is 6.45. The Bertz CT molecular complexity index is 230. The van der Waals surface area contributed by atoms with Crippen molar-refractivity contribution in [3.8, 4) is 0 Å². The van der Waals surface area contributed by atoms with E-state index in [1.54, 1.807) is 11.3 Å². The van der Waals surface area contributed by atoms with E-state index >= 15 is 0 Å². The Labute approximate surface area is 87.1 Å². The minimum Gasteiger partial charge on any atom is -0.308 e. The Morgan fingerprint density at radius 2 is 2.62 bits per heavy atom. The molecule has 0 radical (unpaired) electrons. The van der Waals surface area contributed by atoms with E-state index in [9.17, 15) is 0 Å². The lowest BCUT2D eigenvalue weighted by Gasteiger charge is -2.21. The van der Waals surface area contributed by atoms with Gasteiger partial charge in [-0.25, -0.2) is 0 Å². The number of nitrogens with zero attached hydrogens (tertiary/aromatic N) is 1. The molecule has 0 spiro atoms. The van der Waals surface area contributed by atoms with Crippen LogP contribution in [0.15, 0.2) is 11.7 Å². The van der Waals surface area contributed by atoms with Crippen molar-refractivity contribution in [3.63, 3.8) is 0 Å². The second-order valence-corrected chi connectivity index (χ2v) is 5.38. The number of aromatic nitrogens is 1. The Morgan fingerprint density at radius 3 is 3.31 bits per heavy atom. The first-order valence-electron chi connectivity index (χ1n) is 4.63. The summed E-state index contributed by atoms with van der Waals surface area (Å²) in [6.07, 6.45) is 4.66. The molecule has 0 bridgehead atoms. The number of nitrogens with one attached hydrogen (secondary N) is 1. The Kier molecular flexibility index (Phi) is 3.64. The van der Waals surface area contributed by atoms with Crippen molar-refractivity contribution in [1.29, 1.82) is 0 Å². The van der Waals surface area contributed by atoms with E-state index in [0.29, 0.717) is 0 Å². The van der Waals surface area contributed by atoms with Crippen molar-refractivity contribution in [3.05, 3.63) is 16.6 Å². The molecule has 0 saturated carbocycles. The summed E-state index contributed by atoms with van der Waals surface area (Å²) in [6, 6.07) is 0.723. The van der Waals surface area contributed by atoms with Crippen LogP contribution in [0.2, 0.25) is 0 Å². The fraction of sp³-hybridized carbons (Fsp3) is 0.667. The summed E-state index contributed by atoms with van der Waals surface area (Å²) in [5.41, 5.74) is 1.90. The zero-order valence-electron chi connectivity index (χ0n) is 7.53. The van der Waals surface area contributed by atoms with Crippen LogP contribution < -0.4 is 5.32 Å². The van der Waals surface area contributed by atoms with Crippen LogP contribution in [-0.4, -0.2) is 22.5 Å². The maximum atomic E-state index is 4.06. The zero-order chi connectivity index (χ0) is 8.93. The predicted molar refractivity (Wildman–Crippen MR) is 59.3 cm³/mol. The van der Waals surface area contributed by atoms with Gasteiger partial charge in [-0.3, -0.25) is 4.98 Å². The summed E-state index contributed by atoms with van der Waals surface area (Å²) in [7, 11) is 0. The monoisotopic (exact) mass is 214 g/mol. The van der Waals surface area contributed by atoms with E-state index < -0.39 is 0 Å². The molecule has 1 fully saturated rings. The van der Waals surface area contributed by atoms with E-state index in [1.807, 2.05) is 11.7 Å². The average molecular weight is 214 g/mol. The molecule has 1 aliphatic heterocycles. The molecular weight excluding hydrogens is 200 g/mol. The van der Waals surface area contributed by atoms with Crippen LogP contribution in [0.1, 0.15) is 17.7 Å². The molecule has 2 rings (SSSR count). The molecule has 1 atom stereocenters. The molecule has 0 amide bonds. The number of hydrogen-bond donors (Lipinski definition) is 1. The van der Waals surface area contributed by atoms with Crippen molar-refractivity contribution >= 4 is 23.1 Å². The van der Waals surface area contributed by atoms with Crippen molar-refractivity contribution in [2.24, 2.45) is 0 Å². The minimum atomic E-state index is 0.723. The van der Waals surface area contributed by atoms with Crippen LogP contribution in [0.5, 0.6) is 0 Å². The van der Waals surface area contributed by atoms with E-state index in [1.165, 1.54) is 29.2 Å². The van der Waals surface area contributed by atoms with E-state index in [4.69, 9.17) is 0 Å². The van der Waals surface area contributed by atoms with Gasteiger partial charge in [0.1, 0.15) is 0 Å². The lowest BCUT2D eigenvalue weighted by molar-refractivity contribution is 0.510. The molecule has 1 aromatic rings. The van der Waals surface area contributed by atoms with Gasteiger partial charge >= 0.3 is 0 Å². The van der Waals surface area contributed by atoms with Gasteiger partial charge in [-0.2, -0.15) is 11.8 Å². The van der Waals surface area contributed by atoms with Crippen molar-refractivity contribution < 1.29 is 0 Å². The Morgan fingerprint density at radius 1 is 1.62 bits per heavy atom. The largest absolute Gasteiger partial charge is 0.308 e. The van der Waals surface area contributed by atoms with Crippen LogP contribution in [0.4, 0.5) is 0 Å². The summed E-state index contributed by atoms with van der Waals surface area (Å²) in [5, 5.41) is 3.57. The maximum absolute atomic E-state index is 4.06. The van der Waals surface area contributed by atoms with E-state index in [-0.39, 0.29) is 0 Å². The van der Waals surface area contributed by atoms with Gasteiger partial charge in [-0.15, -0.1) is 11.3 Å². The minimum absolute atomic E-state index is 0.723. The lowest BCUT2D eigenvalue weighted by atomic mass is 10.2. The molecule has 4 heteroatoms. The third-order valence-electron chi connectivity index (χ3n) is 2.21. The molecular formula is C9H14N2S2. The van der Waals surface area contributed by atoms with Crippen molar-refractivity contribution in [1.82, 2.24) is 10.3 Å². The number of rotatable bonds is 3. The summed E-state index contributed by atoms with van der Waals surface area (Å²) in [5.74, 6) is 2.62. The van der Waals surface area contributed by atoms with Gasteiger partial charge in [0.05, 0.1) is 5.51 Å². The molecule has 72 valence electrons. The molecule has 2 nitrogen and oxygen atoms in total. The molecule has 1 aliphatic rings. The molecule has 1 aromatic heterocycles. The van der Waals surface area contributed by atoms with Crippen molar-refractivity contribution in [2.75, 3.05) is 11.5 Å². The summed E-state index contributed by atoms with van der Waals surface area (Å²) in [4.78, 5) is 5.40. The van der Waals surface area contributed by atoms with Gasteiger partial charge in [-0.05, 0) is 18.6 Å². The van der Waals surface area contributed by atoms with Crippen LogP contribution in [-0.2, 0) is 6.54 Å². The van der Waals surface area contributed by atoms with Gasteiger partial charge in [0.2, 0.25) is 0 Å². The summed E-state index contributed by atoms with van der Waals surface area (Å²) in [6.45, 7) is 0.996. The Hall–Kier alpha value is -0.0600. The van der Waals surface area contributed by atoms with Gasteiger partial charge < -0.3 is 5.32 Å². The number of thiazole rings is 1. The van der Waals surface area contributed by atoms with Gasteiger partial charge in [0, 0.05) is 29.4 Å². The topological polar surface area (TPSA) is 24.9 Å². The van der Waals surface area contributed by atoms with Crippen LogP contribution >= 0.6 is 23.1 Å². The normalized spacial score (nSPS) is 23.2. The molecule has 0 aliphatic carbocycles. The SMILES string of the molecule is c1ncc(CNC2CCCSC2)s1. The standard InChI is InChI=1S/C9H14N2S2/c1-2-8(6-12-3-1)11-5-9-4-10-7-13-9/h4,7-8,11H,1-3,5-6H2. The highest BCUT2D eigenvalue weighted by atomic mass is 32.2. The number of thioether (sulfide) groups is 1. The Balaban J connectivity index is 1.72. The van der Waals surface area contributed by atoms with Crippen LogP contribution in [0.3, 0.4) is 0 Å². The smallest absolute Gasteiger partial charge is 0.0794 e. The fourth-order valence-electron chi connectivity index (χ4n) is 1.48. The molecule has 13 heavy (non-hydrogen) atoms. The van der Waals surface area contributed by atoms with Crippen molar-refractivity contribution in [2.45, 2.75) is 25.4 Å². The van der Waals surface area contributed by atoms with Crippen LogP contribution in [0, 0.1) is 0 Å². The predicted octanol–water partition coefficient (Wildman–Crippen LogP) is 2.13. The molecule has 1 unspecified atom stereocenters. The van der Waals surface area contributed by atoms with E-state index in [0.717, 1.165) is 12.6 Å². The van der Waals surface area contributed by atoms with E-state index in [2.05, 4.69) is 22.1 Å². The first-order valence-corrected chi connectivity index (χ1v) is 6.67. The summed E-state index contributed by atoms with van der Waals surface area (Å²) < 4.78 is 0. The average Bonchev–Trinajstić information content (AvgIpc) is 2.69. The molecule has 1 N–H and O–H groups in total. The third-order valence-corrected chi connectivity index (χ3v) is 4.20. The molecule has 0 aromatic carbocycles. The zero-order valence-corrected chi connectivity index (χ0v) is 9.16. The maximum Gasteiger partial charge on any atom is 0.0794 e. The van der Waals surface area contributed by atoms with Crippen LogP contribution in [0.25, 0.3) is 0 Å². The van der Waals surface area contributed by atoms with Gasteiger partial charge in [-0.1, -0.05) is 0 Å². The second-order valence-electron chi connectivity index (χ2n) is 3.26. The highest BCUT2D eigenvalue weighted by molar-refractivity contribution is 7.99. The second kappa shape index (κ2) is 4.98. The van der Waals surface area contributed by atoms with Gasteiger partial charge in [0.15, 0.2) is 0 Å². The van der Waals surface area contributed by atoms with Gasteiger partial charge in [0.25, 0.3) is 0 Å². The first kappa shape index (κ1) is 9.49. The number of hydrogen-bond acceptors (Lipinski definition) is 4. The fourth-order valence-corrected chi connectivity index (χ4v) is 3.13. The third kappa shape index (κ3) is 2.97. The highest BCUT2D eigenvalue weighted by Crippen LogP contribution is 2.17. The molecule has 1 saturated heterocycles. The lowest BCUT2D eigenvalue weighted by Crippen LogP contribution is -2.32. The quantitative estimate of drug-likeness (QED) is 0.834.